The Balaban J connectivity index is -0.000000260. The van der Waals surface area contributed by atoms with Gasteiger partial charge in [0.2, 0.25) is 0 Å². The van der Waals surface area contributed by atoms with Crippen molar-refractivity contribution in [2.24, 2.45) is 21.7 Å². The molecule has 0 radical (unpaired) electrons. The zero-order valence-corrected chi connectivity index (χ0v) is 44.3. The van der Waals surface area contributed by atoms with Crippen molar-refractivity contribution in [1.82, 2.24) is 0 Å². The van der Waals surface area contributed by atoms with Gasteiger partial charge in [-0.2, -0.15) is 22.3 Å². The number of hydrogen-bond acceptors (Lipinski definition) is 0. The van der Waals surface area contributed by atoms with E-state index in [-0.39, 0.29) is 35.7 Å². The van der Waals surface area contributed by atoms with E-state index in [1.807, 2.05) is 0 Å². The Bertz CT molecular complexity index is 1130. The summed E-state index contributed by atoms with van der Waals surface area (Å²) in [6.07, 6.45) is 26.3. The predicted molar refractivity (Wildman–Crippen MR) is 213 cm³/mol. The van der Waals surface area contributed by atoms with Gasteiger partial charge in [0.05, 0.1) is 0 Å². The normalized spacial score (nSPS) is 16.2. The van der Waals surface area contributed by atoms with Crippen molar-refractivity contribution >= 4 is 10.9 Å². The summed E-state index contributed by atoms with van der Waals surface area (Å²) >= 11 is 3.48. The van der Waals surface area contributed by atoms with Crippen LogP contribution in [0, 0.1) is 46.0 Å². The Labute approximate surface area is 356 Å². The van der Waals surface area contributed by atoms with Gasteiger partial charge in [-0.05, 0) is 21.7 Å². The molecule has 4 rings (SSSR count). The van der Waals surface area contributed by atoms with Crippen LogP contribution in [0.5, 0.6) is 0 Å². The molecule has 0 saturated carbocycles. The summed E-state index contributed by atoms with van der Waals surface area (Å²) in [6.45, 7) is 44.7. The second-order valence-corrected chi connectivity index (χ2v) is 36.6. The topological polar surface area (TPSA) is 0 Å². The molecule has 0 atom stereocenters. The van der Waals surface area contributed by atoms with Crippen molar-refractivity contribution in [3.63, 3.8) is 0 Å². The van der Waals surface area contributed by atoms with Crippen LogP contribution in [0.2, 0.25) is 26.2 Å². The van der Waals surface area contributed by atoms with Crippen LogP contribution in [0.4, 0.5) is 0 Å². The smallest absolute Gasteiger partial charge is 1.00 e. The molecule has 4 aliphatic carbocycles. The molecule has 0 saturated heterocycles. The van der Waals surface area contributed by atoms with Crippen LogP contribution in [0.3, 0.4) is 0 Å². The maximum atomic E-state index is 3.30. The SMILES string of the molecule is CC1=[C-]CC(C(C)(C)C)=C1.CC1=[C-]CC(C(C)(C)C)=C1.CC1=[C-]CC(C(C)(C)C)=C1.CC1=[C-]CC(C(C)(C)C)=C1.C[Si](C)=[Zr+2].C[Si](C)=[Zr+2].[Cl-].[Cl-]. The minimum atomic E-state index is 0. The molecule has 0 amide bonds. The Kier molecular flexibility index (Phi) is 30.4. The summed E-state index contributed by atoms with van der Waals surface area (Å²) in [5, 5.41) is 0. The van der Waals surface area contributed by atoms with Crippen molar-refractivity contribution in [1.29, 1.82) is 0 Å². The first-order valence-electron chi connectivity index (χ1n) is 17.6. The van der Waals surface area contributed by atoms with Crippen LogP contribution in [0.1, 0.15) is 136 Å². The third kappa shape index (κ3) is 30.1. The molecule has 0 nitrogen and oxygen atoms in total. The van der Waals surface area contributed by atoms with Crippen LogP contribution in [-0.2, 0) is 46.7 Å². The van der Waals surface area contributed by atoms with Crippen LogP contribution in [0.15, 0.2) is 68.9 Å². The average molecular weight is 911 g/mol. The van der Waals surface area contributed by atoms with Gasteiger partial charge in [0.1, 0.15) is 0 Å². The van der Waals surface area contributed by atoms with Crippen LogP contribution >= 0.6 is 0 Å². The summed E-state index contributed by atoms with van der Waals surface area (Å²) in [6, 6.07) is 0. The van der Waals surface area contributed by atoms with E-state index in [0.717, 1.165) is 25.7 Å². The van der Waals surface area contributed by atoms with Crippen molar-refractivity contribution in [3.8, 4) is 0 Å². The third-order valence-electron chi connectivity index (χ3n) is 7.65. The zero-order valence-electron chi connectivity index (χ0n) is 35.9. The fraction of sp³-hybridized carbons (Fsp3) is 0.636. The number of allylic oxidation sites excluding steroid dienone is 16. The standard InChI is InChI=1S/4C10H15.2C2H6Si.2ClH.2Zr/c4*1-8-5-6-9(7-8)10(2,3)4;2*1-3-2;;;;/h4*7H,6H2,1-4H3;2*1-2H3;2*1H;;/q4*-1;;;;;2*+2/p-2. The number of rotatable bonds is 0. The first kappa shape index (κ1) is 57.4. The molecule has 0 unspecified atom stereocenters. The van der Waals surface area contributed by atoms with Gasteiger partial charge in [0, 0.05) is 0 Å². The average Bonchev–Trinajstić information content (AvgIpc) is 3.66. The first-order chi connectivity index (χ1) is 21.5. The van der Waals surface area contributed by atoms with Crippen molar-refractivity contribution in [2.75, 3.05) is 0 Å². The molecular formula is C44H72Cl2Si2Zr2-2. The predicted octanol–water partition coefficient (Wildman–Crippen LogP) is 8.02. The van der Waals surface area contributed by atoms with Gasteiger partial charge in [-0.25, -0.2) is 46.6 Å². The fourth-order valence-electron chi connectivity index (χ4n) is 4.32. The summed E-state index contributed by atoms with van der Waals surface area (Å²) < 4.78 is 0. The molecule has 4 aliphatic rings. The Morgan fingerprint density at radius 2 is 0.520 bits per heavy atom. The second-order valence-electron chi connectivity index (χ2n) is 17.8. The fourth-order valence-corrected chi connectivity index (χ4v) is 4.32. The molecule has 0 heterocycles. The molecule has 0 aromatic heterocycles. The molecule has 0 N–H and O–H groups in total. The van der Waals surface area contributed by atoms with E-state index in [9.17, 15) is 0 Å². The monoisotopic (exact) mass is 906 g/mol. The Hall–Kier alpha value is 0.700. The largest absolute Gasteiger partial charge is 1.00 e. The third-order valence-corrected chi connectivity index (χ3v) is 7.65. The molecule has 0 spiro atoms. The molecule has 6 heteroatoms. The van der Waals surface area contributed by atoms with Crippen molar-refractivity contribution in [2.45, 2.75) is 163 Å². The van der Waals surface area contributed by atoms with Gasteiger partial charge in [-0.3, -0.25) is 24.3 Å². The van der Waals surface area contributed by atoms with E-state index in [0.29, 0.717) is 21.7 Å². The number of hydrogen-bond donors (Lipinski definition) is 0. The Morgan fingerprint density at radius 3 is 0.560 bits per heavy atom. The van der Waals surface area contributed by atoms with Crippen molar-refractivity contribution in [3.05, 3.63) is 93.2 Å². The summed E-state index contributed by atoms with van der Waals surface area (Å²) in [7, 11) is 0. The molecule has 0 aromatic carbocycles. The molecule has 280 valence electrons. The maximum absolute atomic E-state index is 3.30. The summed E-state index contributed by atoms with van der Waals surface area (Å²) in [4.78, 5) is 0. The van der Waals surface area contributed by atoms with Gasteiger partial charge >= 0.3 is 83.7 Å². The van der Waals surface area contributed by atoms with Crippen molar-refractivity contribution < 1.29 is 71.5 Å². The van der Waals surface area contributed by atoms with Gasteiger partial charge in [-0.1, -0.05) is 111 Å². The Morgan fingerprint density at radius 1 is 0.400 bits per heavy atom. The van der Waals surface area contributed by atoms with E-state index in [1.54, 1.807) is 46.7 Å². The van der Waals surface area contributed by atoms with E-state index in [1.165, 1.54) is 44.6 Å². The second kappa shape index (κ2) is 26.5. The first-order valence-corrected chi connectivity index (χ1v) is 30.0. The maximum Gasteiger partial charge on any atom is -1.00 e. The van der Waals surface area contributed by atoms with E-state index in [4.69, 9.17) is 0 Å². The van der Waals surface area contributed by atoms with Gasteiger partial charge in [0.15, 0.2) is 0 Å². The molecule has 50 heavy (non-hydrogen) atoms. The van der Waals surface area contributed by atoms with Gasteiger partial charge in [0.25, 0.3) is 0 Å². The summed E-state index contributed by atoms with van der Waals surface area (Å²) in [5.74, 6) is 0. The van der Waals surface area contributed by atoms with E-state index < -0.39 is 0 Å². The van der Waals surface area contributed by atoms with Gasteiger partial charge < -0.3 is 24.8 Å². The van der Waals surface area contributed by atoms with E-state index in [2.05, 4.69) is 186 Å². The van der Waals surface area contributed by atoms with Crippen LogP contribution in [-0.4, -0.2) is 10.9 Å². The summed E-state index contributed by atoms with van der Waals surface area (Å²) in [5.41, 5.74) is 13.0. The molecule has 0 aromatic rings. The van der Waals surface area contributed by atoms with Crippen LogP contribution < -0.4 is 24.8 Å². The molecule has 0 fully saturated rings. The minimum absolute atomic E-state index is 0. The minimum Gasteiger partial charge on any atom is -1.00 e. The van der Waals surface area contributed by atoms with Crippen LogP contribution in [0.25, 0.3) is 0 Å². The zero-order chi connectivity index (χ0) is 38.3. The molecule has 0 aliphatic heterocycles. The number of halogens is 2. The van der Waals surface area contributed by atoms with E-state index >= 15 is 0 Å². The molecular weight excluding hydrogens is 838 g/mol. The quantitative estimate of drug-likeness (QED) is 0.171. The molecule has 0 bridgehead atoms. The van der Waals surface area contributed by atoms with Gasteiger partial charge in [-0.15, -0.1) is 25.7 Å².